The Kier molecular flexibility index (Phi) is 7.34. The maximum atomic E-state index is 12.8. The first-order valence-electron chi connectivity index (χ1n) is 9.61. The van der Waals surface area contributed by atoms with Crippen molar-refractivity contribution in [2.45, 2.75) is 22.8 Å². The largest absolute Gasteiger partial charge is 0.325 e. The number of sulfonamides is 1. The van der Waals surface area contributed by atoms with Crippen LogP contribution in [0.25, 0.3) is 0 Å². The van der Waals surface area contributed by atoms with Crippen LogP contribution >= 0.6 is 11.8 Å². The number of piperazine rings is 1. The van der Waals surface area contributed by atoms with Gasteiger partial charge in [0.05, 0.1) is 10.1 Å². The smallest absolute Gasteiger partial charge is 0.243 e. The fourth-order valence-electron chi connectivity index (χ4n) is 3.00. The third-order valence-electron chi connectivity index (χ3n) is 4.93. The Morgan fingerprint density at radius 3 is 2.28 bits per heavy atom. The molecule has 0 aliphatic carbocycles. The standard InChI is InChI=1S/C21H27N3O3S2/c1-17(28-16-18-6-4-3-5-7-18)21(25)22-19-8-10-20(11-9-19)29(26,27)24-14-12-23(2)13-15-24/h3-11,17H,12-16H2,1-2H3,(H,22,25). The van der Waals surface area contributed by atoms with Gasteiger partial charge in [-0.25, -0.2) is 8.42 Å². The first-order chi connectivity index (χ1) is 13.9. The topological polar surface area (TPSA) is 69.7 Å². The molecule has 0 spiro atoms. The third kappa shape index (κ3) is 5.82. The molecule has 156 valence electrons. The lowest BCUT2D eigenvalue weighted by Gasteiger charge is -2.31. The molecule has 1 aliphatic rings. The van der Waals surface area contributed by atoms with Gasteiger partial charge in [0.1, 0.15) is 0 Å². The Balaban J connectivity index is 1.56. The summed E-state index contributed by atoms with van der Waals surface area (Å²) in [4.78, 5) is 14.8. The molecule has 3 rings (SSSR count). The van der Waals surface area contributed by atoms with E-state index in [1.165, 1.54) is 9.87 Å². The van der Waals surface area contributed by atoms with E-state index in [2.05, 4.69) is 10.2 Å². The molecule has 2 aromatic rings. The van der Waals surface area contributed by atoms with E-state index in [0.717, 1.165) is 18.8 Å². The molecule has 0 bridgehead atoms. The summed E-state index contributed by atoms with van der Waals surface area (Å²) in [5.41, 5.74) is 1.77. The van der Waals surface area contributed by atoms with E-state index in [1.54, 1.807) is 36.0 Å². The van der Waals surface area contributed by atoms with E-state index < -0.39 is 10.0 Å². The number of rotatable bonds is 7. The summed E-state index contributed by atoms with van der Waals surface area (Å²) in [5, 5.41) is 2.65. The van der Waals surface area contributed by atoms with E-state index in [-0.39, 0.29) is 16.1 Å². The highest BCUT2D eigenvalue weighted by atomic mass is 32.2. The van der Waals surface area contributed by atoms with Gasteiger partial charge in [-0.3, -0.25) is 4.79 Å². The van der Waals surface area contributed by atoms with Gasteiger partial charge < -0.3 is 10.2 Å². The van der Waals surface area contributed by atoms with Gasteiger partial charge >= 0.3 is 0 Å². The molecule has 1 amide bonds. The number of carbonyl (C=O) groups excluding carboxylic acids is 1. The maximum Gasteiger partial charge on any atom is 0.243 e. The highest BCUT2D eigenvalue weighted by Crippen LogP contribution is 2.22. The summed E-state index contributed by atoms with van der Waals surface area (Å²) < 4.78 is 27.1. The van der Waals surface area contributed by atoms with Crippen LogP contribution in [-0.2, 0) is 20.6 Å². The lowest BCUT2D eigenvalue weighted by molar-refractivity contribution is -0.115. The number of benzene rings is 2. The maximum absolute atomic E-state index is 12.8. The quantitative estimate of drug-likeness (QED) is 0.727. The van der Waals surface area contributed by atoms with Crippen molar-refractivity contribution in [2.24, 2.45) is 0 Å². The first-order valence-corrected chi connectivity index (χ1v) is 12.1. The third-order valence-corrected chi connectivity index (χ3v) is 8.06. The fourth-order valence-corrected chi connectivity index (χ4v) is 5.27. The zero-order chi connectivity index (χ0) is 20.9. The number of carbonyl (C=O) groups is 1. The second kappa shape index (κ2) is 9.75. The lowest BCUT2D eigenvalue weighted by Crippen LogP contribution is -2.46. The number of likely N-dealkylation sites (N-methyl/N-ethyl adjacent to an activating group) is 1. The van der Waals surface area contributed by atoms with Gasteiger partial charge in [-0.2, -0.15) is 4.31 Å². The number of thioether (sulfide) groups is 1. The first kappa shape index (κ1) is 21.8. The average Bonchev–Trinajstić information content (AvgIpc) is 2.73. The monoisotopic (exact) mass is 433 g/mol. The van der Waals surface area contributed by atoms with Crippen molar-refractivity contribution in [1.29, 1.82) is 0 Å². The van der Waals surface area contributed by atoms with Crippen molar-refractivity contribution in [1.82, 2.24) is 9.21 Å². The predicted molar refractivity (Wildman–Crippen MR) is 119 cm³/mol. The SMILES string of the molecule is CC(SCc1ccccc1)C(=O)Nc1ccc(S(=O)(=O)N2CCN(C)CC2)cc1. The minimum Gasteiger partial charge on any atom is -0.325 e. The molecule has 8 heteroatoms. The number of hydrogen-bond acceptors (Lipinski definition) is 5. The van der Waals surface area contributed by atoms with E-state index in [0.29, 0.717) is 18.8 Å². The molecule has 2 aromatic carbocycles. The molecule has 1 atom stereocenters. The van der Waals surface area contributed by atoms with Gasteiger partial charge in [-0.15, -0.1) is 11.8 Å². The van der Waals surface area contributed by atoms with Crippen molar-refractivity contribution in [3.05, 3.63) is 60.2 Å². The predicted octanol–water partition coefficient (Wildman–Crippen LogP) is 2.88. The minimum atomic E-state index is -3.50. The van der Waals surface area contributed by atoms with Crippen molar-refractivity contribution in [3.63, 3.8) is 0 Å². The number of amides is 1. The number of hydrogen-bond donors (Lipinski definition) is 1. The number of nitrogens with one attached hydrogen (secondary N) is 1. The van der Waals surface area contributed by atoms with E-state index in [4.69, 9.17) is 0 Å². The average molecular weight is 434 g/mol. The van der Waals surface area contributed by atoms with Gasteiger partial charge in [-0.05, 0) is 43.8 Å². The molecule has 1 fully saturated rings. The van der Waals surface area contributed by atoms with Crippen LogP contribution in [0, 0.1) is 0 Å². The van der Waals surface area contributed by atoms with E-state index in [1.807, 2.05) is 44.3 Å². The second-order valence-electron chi connectivity index (χ2n) is 7.16. The summed E-state index contributed by atoms with van der Waals surface area (Å²) in [6.45, 7) is 4.31. The van der Waals surface area contributed by atoms with Crippen molar-refractivity contribution >= 4 is 33.4 Å². The molecular weight excluding hydrogens is 406 g/mol. The second-order valence-corrected chi connectivity index (χ2v) is 10.4. The molecule has 29 heavy (non-hydrogen) atoms. The molecule has 1 heterocycles. The van der Waals surface area contributed by atoms with Crippen LogP contribution in [0.1, 0.15) is 12.5 Å². The summed E-state index contributed by atoms with van der Waals surface area (Å²) >= 11 is 1.56. The van der Waals surface area contributed by atoms with Crippen molar-refractivity contribution in [2.75, 3.05) is 38.5 Å². The fraction of sp³-hybridized carbons (Fsp3) is 0.381. The van der Waals surface area contributed by atoms with Crippen LogP contribution in [0.5, 0.6) is 0 Å². The molecule has 6 nitrogen and oxygen atoms in total. The van der Waals surface area contributed by atoms with Crippen LogP contribution in [0.3, 0.4) is 0 Å². The number of nitrogens with zero attached hydrogens (tertiary/aromatic N) is 2. The summed E-state index contributed by atoms with van der Waals surface area (Å²) in [5.74, 6) is 0.665. The van der Waals surface area contributed by atoms with Gasteiger partial charge in [0, 0.05) is 37.6 Å². The molecule has 1 saturated heterocycles. The zero-order valence-electron chi connectivity index (χ0n) is 16.7. The Hall–Kier alpha value is -1.87. The highest BCUT2D eigenvalue weighted by Gasteiger charge is 2.27. The molecule has 0 radical (unpaired) electrons. The van der Waals surface area contributed by atoms with Crippen LogP contribution in [-0.4, -0.2) is 62.0 Å². The van der Waals surface area contributed by atoms with Gasteiger partial charge in [0.15, 0.2) is 0 Å². The van der Waals surface area contributed by atoms with E-state index in [9.17, 15) is 13.2 Å². The van der Waals surface area contributed by atoms with Crippen molar-refractivity contribution < 1.29 is 13.2 Å². The molecule has 0 saturated carbocycles. The van der Waals surface area contributed by atoms with Crippen LogP contribution in [0.2, 0.25) is 0 Å². The Bertz CT molecular complexity index is 910. The van der Waals surface area contributed by atoms with Crippen LogP contribution in [0.4, 0.5) is 5.69 Å². The minimum absolute atomic E-state index is 0.0967. The van der Waals surface area contributed by atoms with Gasteiger partial charge in [0.25, 0.3) is 0 Å². The van der Waals surface area contributed by atoms with E-state index >= 15 is 0 Å². The molecule has 1 unspecified atom stereocenters. The molecule has 1 aliphatic heterocycles. The lowest BCUT2D eigenvalue weighted by atomic mass is 10.2. The van der Waals surface area contributed by atoms with Crippen LogP contribution < -0.4 is 5.32 Å². The number of anilines is 1. The van der Waals surface area contributed by atoms with Crippen molar-refractivity contribution in [3.8, 4) is 0 Å². The highest BCUT2D eigenvalue weighted by molar-refractivity contribution is 7.99. The van der Waals surface area contributed by atoms with Gasteiger partial charge in [0.2, 0.25) is 15.9 Å². The Morgan fingerprint density at radius 1 is 1.03 bits per heavy atom. The normalized spacial score (nSPS) is 17.0. The summed E-state index contributed by atoms with van der Waals surface area (Å²) in [7, 11) is -1.51. The Labute approximate surface area is 177 Å². The Morgan fingerprint density at radius 2 is 1.66 bits per heavy atom. The zero-order valence-corrected chi connectivity index (χ0v) is 18.4. The summed E-state index contributed by atoms with van der Waals surface area (Å²) in [6.07, 6.45) is 0. The molecular formula is C21H27N3O3S2. The molecule has 1 N–H and O–H groups in total. The summed E-state index contributed by atoms with van der Waals surface area (Å²) in [6, 6.07) is 16.4. The molecule has 0 aromatic heterocycles. The van der Waals surface area contributed by atoms with Crippen LogP contribution in [0.15, 0.2) is 59.5 Å². The van der Waals surface area contributed by atoms with Gasteiger partial charge in [-0.1, -0.05) is 30.3 Å².